The molecule has 1 saturated heterocycles. The first-order valence-corrected chi connectivity index (χ1v) is 11.2. The molecule has 2 N–H and O–H groups in total. The van der Waals surface area contributed by atoms with Crippen molar-refractivity contribution in [2.45, 2.75) is 31.8 Å². The minimum atomic E-state index is -0.559. The maximum atomic E-state index is 12.7. The van der Waals surface area contributed by atoms with E-state index in [9.17, 15) is 14.4 Å². The van der Waals surface area contributed by atoms with E-state index in [1.54, 1.807) is 35.0 Å². The van der Waals surface area contributed by atoms with Gasteiger partial charge in [0.05, 0.1) is 0 Å². The third-order valence-corrected chi connectivity index (χ3v) is 5.67. The van der Waals surface area contributed by atoms with Gasteiger partial charge in [-0.2, -0.15) is 0 Å². The van der Waals surface area contributed by atoms with E-state index in [2.05, 4.69) is 10.6 Å². The summed E-state index contributed by atoms with van der Waals surface area (Å²) in [6.45, 7) is 1.18. The van der Waals surface area contributed by atoms with Crippen LogP contribution < -0.4 is 10.6 Å². The van der Waals surface area contributed by atoms with Crippen LogP contribution in [0.15, 0.2) is 48.5 Å². The second-order valence-electron chi connectivity index (χ2n) is 7.72. The quantitative estimate of drug-likeness (QED) is 0.629. The van der Waals surface area contributed by atoms with Crippen molar-refractivity contribution in [1.29, 1.82) is 0 Å². The van der Waals surface area contributed by atoms with E-state index < -0.39 is 6.04 Å². The predicted molar refractivity (Wildman–Crippen MR) is 126 cm³/mol. The molecule has 0 saturated carbocycles. The Balaban J connectivity index is 1.47. The van der Waals surface area contributed by atoms with Gasteiger partial charge in [-0.05, 0) is 36.6 Å². The number of amides is 4. The zero-order valence-electron chi connectivity index (χ0n) is 17.8. The minimum Gasteiger partial charge on any atom is -0.337 e. The van der Waals surface area contributed by atoms with Crippen LogP contribution in [0.2, 0.25) is 10.0 Å². The van der Waals surface area contributed by atoms with Crippen molar-refractivity contribution < 1.29 is 14.4 Å². The Kier molecular flexibility index (Phi) is 8.36. The molecule has 1 atom stereocenters. The lowest BCUT2D eigenvalue weighted by Gasteiger charge is -2.24. The molecule has 1 aliphatic rings. The monoisotopic (exact) mass is 476 g/mol. The first kappa shape index (κ1) is 23.9. The summed E-state index contributed by atoms with van der Waals surface area (Å²) in [5.41, 5.74) is 1.51. The molecule has 3 rings (SSSR count). The number of nitrogens with zero attached hydrogens (tertiary/aromatic N) is 2. The van der Waals surface area contributed by atoms with Crippen LogP contribution >= 0.6 is 23.2 Å². The van der Waals surface area contributed by atoms with Gasteiger partial charge in [0.15, 0.2) is 0 Å². The summed E-state index contributed by atoms with van der Waals surface area (Å²) in [5.74, 6) is -0.446. The van der Waals surface area contributed by atoms with Gasteiger partial charge in [0.1, 0.15) is 6.04 Å². The molecular weight excluding hydrogens is 451 g/mol. The molecule has 2 aromatic carbocycles. The van der Waals surface area contributed by atoms with Gasteiger partial charge in [-0.15, -0.1) is 0 Å². The summed E-state index contributed by atoms with van der Waals surface area (Å²) >= 11 is 12.0. The summed E-state index contributed by atoms with van der Waals surface area (Å²) in [6.07, 6.45) is 1.45. The van der Waals surface area contributed by atoms with Gasteiger partial charge in [0.2, 0.25) is 11.8 Å². The highest BCUT2D eigenvalue weighted by atomic mass is 35.5. The SMILES string of the molecule is CN(Cc1ccccc1)C(=O)NCCC(=O)N1CCCC1C(=O)Nc1cc(Cl)cc(Cl)c1. The molecule has 7 nitrogen and oxygen atoms in total. The van der Waals surface area contributed by atoms with Gasteiger partial charge in [-0.3, -0.25) is 9.59 Å². The number of nitrogens with one attached hydrogen (secondary N) is 2. The second-order valence-corrected chi connectivity index (χ2v) is 8.59. The van der Waals surface area contributed by atoms with Gasteiger partial charge < -0.3 is 20.4 Å². The molecule has 1 aliphatic heterocycles. The van der Waals surface area contributed by atoms with Gasteiger partial charge in [-0.1, -0.05) is 53.5 Å². The van der Waals surface area contributed by atoms with Crippen molar-refractivity contribution in [2.75, 3.05) is 25.5 Å². The number of likely N-dealkylation sites (tertiary alicyclic amines) is 1. The van der Waals surface area contributed by atoms with Crippen LogP contribution in [0.1, 0.15) is 24.8 Å². The predicted octanol–water partition coefficient (Wildman–Crippen LogP) is 4.15. The van der Waals surface area contributed by atoms with Crippen LogP contribution in [-0.4, -0.2) is 53.8 Å². The Morgan fingerprint density at radius 3 is 2.47 bits per heavy atom. The van der Waals surface area contributed by atoms with E-state index in [-0.39, 0.29) is 30.8 Å². The third kappa shape index (κ3) is 6.61. The highest BCUT2D eigenvalue weighted by Gasteiger charge is 2.33. The largest absolute Gasteiger partial charge is 0.337 e. The second kappa shape index (κ2) is 11.2. The topological polar surface area (TPSA) is 81.8 Å². The van der Waals surface area contributed by atoms with Crippen LogP contribution in [0.3, 0.4) is 0 Å². The lowest BCUT2D eigenvalue weighted by molar-refractivity contribution is -0.136. The molecule has 1 heterocycles. The zero-order chi connectivity index (χ0) is 23.1. The maximum Gasteiger partial charge on any atom is 0.317 e. The van der Waals surface area contributed by atoms with E-state index in [4.69, 9.17) is 23.2 Å². The van der Waals surface area contributed by atoms with E-state index >= 15 is 0 Å². The summed E-state index contributed by atoms with van der Waals surface area (Å²) in [6, 6.07) is 13.6. The molecule has 32 heavy (non-hydrogen) atoms. The number of rotatable bonds is 7. The molecule has 0 bridgehead atoms. The Bertz CT molecular complexity index is 951. The minimum absolute atomic E-state index is 0.123. The molecule has 0 radical (unpaired) electrons. The lowest BCUT2D eigenvalue weighted by atomic mass is 10.2. The fraction of sp³-hybridized carbons (Fsp3) is 0.348. The Labute approximate surface area is 197 Å². The van der Waals surface area contributed by atoms with E-state index in [1.165, 1.54) is 0 Å². The standard InChI is InChI=1S/C23H26Cl2N4O3/c1-28(15-16-6-3-2-4-7-16)23(32)26-10-9-21(30)29-11-5-8-20(29)22(31)27-19-13-17(24)12-18(25)14-19/h2-4,6-7,12-14,20H,5,8-11,15H2,1H3,(H,26,32)(H,27,31). The molecule has 170 valence electrons. The van der Waals surface area contributed by atoms with Crippen molar-refractivity contribution >= 4 is 46.7 Å². The van der Waals surface area contributed by atoms with Crippen molar-refractivity contribution in [3.8, 4) is 0 Å². The maximum absolute atomic E-state index is 12.7. The van der Waals surface area contributed by atoms with Gasteiger partial charge in [0, 0.05) is 48.8 Å². The Morgan fingerprint density at radius 1 is 1.09 bits per heavy atom. The molecule has 9 heteroatoms. The number of urea groups is 1. The van der Waals surface area contributed by atoms with Crippen molar-refractivity contribution in [2.24, 2.45) is 0 Å². The number of hydrogen-bond acceptors (Lipinski definition) is 3. The van der Waals surface area contributed by atoms with E-state index in [0.717, 1.165) is 12.0 Å². The van der Waals surface area contributed by atoms with Crippen LogP contribution in [0.4, 0.5) is 10.5 Å². The lowest BCUT2D eigenvalue weighted by Crippen LogP contribution is -2.44. The van der Waals surface area contributed by atoms with Crippen molar-refractivity contribution in [3.05, 3.63) is 64.1 Å². The fourth-order valence-corrected chi connectivity index (χ4v) is 4.20. The summed E-state index contributed by atoms with van der Waals surface area (Å²) in [4.78, 5) is 40.8. The highest BCUT2D eigenvalue weighted by Crippen LogP contribution is 2.24. The molecule has 0 aromatic heterocycles. The smallest absolute Gasteiger partial charge is 0.317 e. The summed E-state index contributed by atoms with van der Waals surface area (Å²) in [5, 5.41) is 6.38. The zero-order valence-corrected chi connectivity index (χ0v) is 19.3. The molecular formula is C23H26Cl2N4O3. The molecule has 0 aliphatic carbocycles. The van der Waals surface area contributed by atoms with Crippen molar-refractivity contribution in [1.82, 2.24) is 15.1 Å². The molecule has 1 unspecified atom stereocenters. The van der Waals surface area contributed by atoms with E-state index in [1.807, 2.05) is 30.3 Å². The average Bonchev–Trinajstić information content (AvgIpc) is 3.24. The summed E-state index contributed by atoms with van der Waals surface area (Å²) in [7, 11) is 1.70. The number of benzene rings is 2. The third-order valence-electron chi connectivity index (χ3n) is 5.23. The number of anilines is 1. The highest BCUT2D eigenvalue weighted by molar-refractivity contribution is 6.35. The van der Waals surface area contributed by atoms with Crippen LogP contribution in [0, 0.1) is 0 Å². The van der Waals surface area contributed by atoms with Gasteiger partial charge >= 0.3 is 6.03 Å². The number of carbonyl (C=O) groups is 3. The van der Waals surface area contributed by atoms with Gasteiger partial charge in [0.25, 0.3) is 0 Å². The number of carbonyl (C=O) groups excluding carboxylic acids is 3. The number of halogens is 2. The van der Waals surface area contributed by atoms with Crippen LogP contribution in [0.25, 0.3) is 0 Å². The average molecular weight is 477 g/mol. The first-order chi connectivity index (χ1) is 15.3. The summed E-state index contributed by atoms with van der Waals surface area (Å²) < 4.78 is 0. The molecule has 2 aromatic rings. The van der Waals surface area contributed by atoms with Crippen LogP contribution in [-0.2, 0) is 16.1 Å². The Hall–Kier alpha value is -2.77. The van der Waals surface area contributed by atoms with Crippen LogP contribution in [0.5, 0.6) is 0 Å². The fourth-order valence-electron chi connectivity index (χ4n) is 3.67. The molecule has 4 amide bonds. The van der Waals surface area contributed by atoms with E-state index in [0.29, 0.717) is 35.2 Å². The first-order valence-electron chi connectivity index (χ1n) is 10.4. The van der Waals surface area contributed by atoms with Gasteiger partial charge in [-0.25, -0.2) is 4.79 Å². The Morgan fingerprint density at radius 2 is 1.78 bits per heavy atom. The number of hydrogen-bond donors (Lipinski definition) is 2. The molecule has 0 spiro atoms. The normalized spacial score (nSPS) is 15.3. The van der Waals surface area contributed by atoms with Crippen molar-refractivity contribution in [3.63, 3.8) is 0 Å². The molecule has 1 fully saturated rings.